The Balaban J connectivity index is 1.62. The molecule has 0 bridgehead atoms. The topological polar surface area (TPSA) is 43.8 Å². The monoisotopic (exact) mass is 363 g/mol. The molecule has 1 aliphatic rings. The van der Waals surface area contributed by atoms with E-state index in [2.05, 4.69) is 58.4 Å². The quantitative estimate of drug-likeness (QED) is 0.670. The number of aromatic nitrogens is 1. The van der Waals surface area contributed by atoms with Crippen molar-refractivity contribution in [2.45, 2.75) is 27.3 Å². The van der Waals surface area contributed by atoms with Crippen molar-refractivity contribution in [3.8, 4) is 0 Å². The molecule has 24 heavy (non-hydrogen) atoms. The van der Waals surface area contributed by atoms with Crippen LogP contribution in [0.3, 0.4) is 0 Å². The van der Waals surface area contributed by atoms with E-state index in [0.717, 1.165) is 49.4 Å². The highest BCUT2D eigenvalue weighted by Gasteiger charge is 2.20. The summed E-state index contributed by atoms with van der Waals surface area (Å²) in [4.78, 5) is 15.5. The summed E-state index contributed by atoms with van der Waals surface area (Å²) in [5.41, 5.74) is 1.12. The number of nitrogens with one attached hydrogen (secondary N) is 1. The summed E-state index contributed by atoms with van der Waals surface area (Å²) in [6.45, 7) is 11.9. The number of anilines is 1. The summed E-state index contributed by atoms with van der Waals surface area (Å²) in [5.74, 6) is 1.01. The number of aryl methyl sites for hydroxylation is 2. The average Bonchev–Trinajstić information content (AvgIpc) is 3.22. The van der Waals surface area contributed by atoms with E-state index in [1.165, 1.54) is 9.88 Å². The van der Waals surface area contributed by atoms with Gasteiger partial charge >= 0.3 is 0 Å². The Morgan fingerprint density at radius 3 is 2.67 bits per heavy atom. The molecule has 0 aromatic carbocycles. The Morgan fingerprint density at radius 2 is 2.08 bits per heavy atom. The van der Waals surface area contributed by atoms with E-state index in [1.54, 1.807) is 11.3 Å². The summed E-state index contributed by atoms with van der Waals surface area (Å²) in [5, 5.41) is 8.04. The van der Waals surface area contributed by atoms with Gasteiger partial charge in [-0.05, 0) is 38.3 Å². The zero-order chi connectivity index (χ0) is 16.9. The highest BCUT2D eigenvalue weighted by atomic mass is 32.1. The van der Waals surface area contributed by atoms with Gasteiger partial charge in [0, 0.05) is 37.6 Å². The molecule has 0 aliphatic carbocycles. The lowest BCUT2D eigenvalue weighted by Gasteiger charge is -2.37. The van der Waals surface area contributed by atoms with Gasteiger partial charge in [0.2, 0.25) is 0 Å². The van der Waals surface area contributed by atoms with E-state index in [4.69, 9.17) is 4.99 Å². The maximum Gasteiger partial charge on any atom is 0.194 e. The Hall–Kier alpha value is -1.60. The van der Waals surface area contributed by atoms with Crippen LogP contribution in [0.2, 0.25) is 0 Å². The van der Waals surface area contributed by atoms with E-state index < -0.39 is 0 Å². The van der Waals surface area contributed by atoms with Gasteiger partial charge in [0.05, 0.1) is 17.2 Å². The lowest BCUT2D eigenvalue weighted by atomic mass is 10.3. The number of nitrogens with zero attached hydrogens (tertiary/aromatic N) is 4. The molecule has 7 heteroatoms. The predicted molar refractivity (Wildman–Crippen MR) is 105 cm³/mol. The number of rotatable bonds is 4. The minimum Gasteiger partial charge on any atom is -0.360 e. The fourth-order valence-electron chi connectivity index (χ4n) is 2.76. The minimum atomic E-state index is 0.660. The van der Waals surface area contributed by atoms with Crippen LogP contribution in [-0.2, 0) is 6.54 Å². The summed E-state index contributed by atoms with van der Waals surface area (Å²) in [6, 6.07) is 4.32. The highest BCUT2D eigenvalue weighted by molar-refractivity contribution is 7.14. The van der Waals surface area contributed by atoms with Crippen molar-refractivity contribution in [1.82, 2.24) is 15.2 Å². The first-order valence-corrected chi connectivity index (χ1v) is 10.1. The maximum absolute atomic E-state index is 4.81. The van der Waals surface area contributed by atoms with Gasteiger partial charge in [0.25, 0.3) is 0 Å². The summed E-state index contributed by atoms with van der Waals surface area (Å²) in [7, 11) is 0. The third-order valence-corrected chi connectivity index (χ3v) is 6.16. The number of thiophene rings is 1. The molecule has 0 radical (unpaired) electrons. The van der Waals surface area contributed by atoms with Gasteiger partial charge in [0.15, 0.2) is 5.96 Å². The molecule has 2 aromatic heterocycles. The first kappa shape index (κ1) is 17.2. The fourth-order valence-corrected chi connectivity index (χ4v) is 4.41. The van der Waals surface area contributed by atoms with E-state index in [-0.39, 0.29) is 0 Å². The van der Waals surface area contributed by atoms with Crippen LogP contribution in [0.5, 0.6) is 0 Å². The van der Waals surface area contributed by atoms with Gasteiger partial charge in [-0.15, -0.1) is 22.7 Å². The van der Waals surface area contributed by atoms with Gasteiger partial charge < -0.3 is 15.1 Å². The van der Waals surface area contributed by atoms with Crippen molar-refractivity contribution in [3.63, 3.8) is 0 Å². The predicted octanol–water partition coefficient (Wildman–Crippen LogP) is 3.11. The zero-order valence-corrected chi connectivity index (χ0v) is 16.2. The van der Waals surface area contributed by atoms with Crippen LogP contribution in [0.4, 0.5) is 5.00 Å². The first-order valence-electron chi connectivity index (χ1n) is 8.42. The molecule has 1 aliphatic heterocycles. The number of hydrogen-bond donors (Lipinski definition) is 1. The number of hydrogen-bond acceptors (Lipinski definition) is 5. The van der Waals surface area contributed by atoms with Crippen molar-refractivity contribution in [3.05, 3.63) is 33.1 Å². The molecule has 3 heterocycles. The second kappa shape index (κ2) is 7.98. The van der Waals surface area contributed by atoms with Gasteiger partial charge in [-0.1, -0.05) is 0 Å². The van der Waals surface area contributed by atoms with Crippen molar-refractivity contribution < 1.29 is 0 Å². The zero-order valence-electron chi connectivity index (χ0n) is 14.6. The van der Waals surface area contributed by atoms with E-state index in [9.17, 15) is 0 Å². The number of guanidine groups is 1. The average molecular weight is 364 g/mol. The number of piperazine rings is 1. The van der Waals surface area contributed by atoms with Crippen LogP contribution < -0.4 is 10.2 Å². The molecule has 3 rings (SSSR count). The van der Waals surface area contributed by atoms with Crippen LogP contribution in [-0.4, -0.2) is 48.6 Å². The maximum atomic E-state index is 4.81. The smallest absolute Gasteiger partial charge is 0.194 e. The minimum absolute atomic E-state index is 0.660. The molecule has 0 saturated carbocycles. The third kappa shape index (κ3) is 4.08. The van der Waals surface area contributed by atoms with Gasteiger partial charge in [-0.25, -0.2) is 9.98 Å². The summed E-state index contributed by atoms with van der Waals surface area (Å²) >= 11 is 3.56. The fraction of sp³-hybridized carbons (Fsp3) is 0.529. The molecule has 0 atom stereocenters. The van der Waals surface area contributed by atoms with E-state index >= 15 is 0 Å². The molecular weight excluding hydrogens is 338 g/mol. The van der Waals surface area contributed by atoms with Gasteiger partial charge in [-0.2, -0.15) is 0 Å². The third-order valence-electron chi connectivity index (χ3n) is 4.17. The molecular formula is C17H25N5S2. The van der Waals surface area contributed by atoms with Crippen LogP contribution in [0.1, 0.15) is 22.5 Å². The largest absolute Gasteiger partial charge is 0.360 e. The van der Waals surface area contributed by atoms with E-state index in [0.29, 0.717) is 6.54 Å². The standard InChI is InChI=1S/C17H25N5S2/c1-4-18-17(19-12-15-20-13(2)14(3)24-15)22-9-7-21(8-10-22)16-6-5-11-23-16/h5-6,11H,4,7-10,12H2,1-3H3,(H,18,19). The SMILES string of the molecule is CCNC(=NCc1nc(C)c(C)s1)N1CCN(c2cccs2)CC1. The molecule has 1 saturated heterocycles. The molecule has 5 nitrogen and oxygen atoms in total. The lowest BCUT2D eigenvalue weighted by molar-refractivity contribution is 0.373. The molecule has 1 fully saturated rings. The molecule has 0 amide bonds. The number of thiazole rings is 1. The Morgan fingerprint density at radius 1 is 1.29 bits per heavy atom. The van der Waals surface area contributed by atoms with Crippen molar-refractivity contribution in [2.24, 2.45) is 4.99 Å². The number of aliphatic imine (C=N–C) groups is 1. The Bertz CT molecular complexity index is 650. The highest BCUT2D eigenvalue weighted by Crippen LogP contribution is 2.22. The molecule has 0 unspecified atom stereocenters. The molecule has 130 valence electrons. The second-order valence-corrected chi connectivity index (χ2v) is 8.06. The van der Waals surface area contributed by atoms with Crippen LogP contribution in [0.15, 0.2) is 22.5 Å². The molecule has 0 spiro atoms. The van der Waals surface area contributed by atoms with Crippen LogP contribution in [0, 0.1) is 13.8 Å². The molecule has 1 N–H and O–H groups in total. The summed E-state index contributed by atoms with van der Waals surface area (Å²) in [6.07, 6.45) is 0. The normalized spacial score (nSPS) is 15.9. The van der Waals surface area contributed by atoms with Crippen LogP contribution in [0.25, 0.3) is 0 Å². The van der Waals surface area contributed by atoms with Crippen molar-refractivity contribution >= 4 is 33.6 Å². The van der Waals surface area contributed by atoms with Gasteiger partial charge in [-0.3, -0.25) is 0 Å². The Kier molecular flexibility index (Phi) is 5.73. The summed E-state index contributed by atoms with van der Waals surface area (Å²) < 4.78 is 0. The Labute approximate surface area is 152 Å². The lowest BCUT2D eigenvalue weighted by Crippen LogP contribution is -2.52. The van der Waals surface area contributed by atoms with Crippen LogP contribution >= 0.6 is 22.7 Å². The van der Waals surface area contributed by atoms with Gasteiger partial charge in [0.1, 0.15) is 5.01 Å². The second-order valence-electron chi connectivity index (χ2n) is 5.84. The van der Waals surface area contributed by atoms with Crippen molar-refractivity contribution in [1.29, 1.82) is 0 Å². The first-order chi connectivity index (χ1) is 11.7. The van der Waals surface area contributed by atoms with Crippen molar-refractivity contribution in [2.75, 3.05) is 37.6 Å². The molecule has 2 aromatic rings. The van der Waals surface area contributed by atoms with E-state index in [1.807, 2.05) is 11.3 Å².